The number of nitrogens with zero attached hydrogens (tertiary/aromatic N) is 2. The van der Waals surface area contributed by atoms with Crippen LogP contribution in [0.4, 0.5) is 16.2 Å². The number of carbonyl (C=O) groups excluding carboxylic acids is 3. The van der Waals surface area contributed by atoms with E-state index >= 15 is 0 Å². The van der Waals surface area contributed by atoms with Gasteiger partial charge in [0.1, 0.15) is 11.9 Å². The van der Waals surface area contributed by atoms with Crippen molar-refractivity contribution in [2.45, 2.75) is 13.0 Å². The maximum Gasteiger partial charge on any atom is 0.414 e. The van der Waals surface area contributed by atoms with Crippen LogP contribution >= 0.6 is 0 Å². The second-order valence-corrected chi connectivity index (χ2v) is 6.38. The average Bonchev–Trinajstić information content (AvgIpc) is 3.36. The lowest BCUT2D eigenvalue weighted by atomic mass is 10.2. The fourth-order valence-corrected chi connectivity index (χ4v) is 3.25. The molecule has 4 rings (SSSR count). The van der Waals surface area contributed by atoms with E-state index < -0.39 is 12.2 Å². The Balaban J connectivity index is 1.43. The molecule has 1 fully saturated rings. The van der Waals surface area contributed by atoms with Crippen molar-refractivity contribution in [3.63, 3.8) is 0 Å². The van der Waals surface area contributed by atoms with Crippen LogP contribution in [0.1, 0.15) is 17.5 Å². The molecule has 1 aromatic heterocycles. The van der Waals surface area contributed by atoms with Crippen LogP contribution in [0.3, 0.4) is 0 Å². The standard InChI is InChI=1S/C19H19N3O6/c1-2-21-14-6-5-12(8-16(14)27-11-17(21)23)22-10-13(28-19(22)25)9-20-18(24)15-4-3-7-26-15/h3-8,13H,2,9-11H2,1H3,(H,20,24)/t13-/m0/s1. The molecule has 2 aliphatic heterocycles. The molecule has 2 aromatic rings. The van der Waals surface area contributed by atoms with Crippen LogP contribution in [0.2, 0.25) is 0 Å². The van der Waals surface area contributed by atoms with Gasteiger partial charge in [-0.25, -0.2) is 4.79 Å². The lowest BCUT2D eigenvalue weighted by molar-refractivity contribution is -0.121. The number of rotatable bonds is 5. The van der Waals surface area contributed by atoms with Gasteiger partial charge in [0.25, 0.3) is 11.8 Å². The summed E-state index contributed by atoms with van der Waals surface area (Å²) < 4.78 is 15.9. The number of nitrogens with one attached hydrogen (secondary N) is 1. The maximum atomic E-state index is 12.3. The molecule has 2 aliphatic rings. The van der Waals surface area contributed by atoms with Gasteiger partial charge in [0.2, 0.25) is 0 Å². The molecule has 1 N–H and O–H groups in total. The van der Waals surface area contributed by atoms with Crippen LogP contribution in [-0.4, -0.2) is 50.3 Å². The number of fused-ring (bicyclic) bond motifs is 1. The fraction of sp³-hybridized carbons (Fsp3) is 0.316. The van der Waals surface area contributed by atoms with Crippen molar-refractivity contribution in [1.82, 2.24) is 5.32 Å². The Kier molecular flexibility index (Phi) is 4.64. The number of anilines is 2. The molecule has 1 aromatic carbocycles. The molecule has 0 aliphatic carbocycles. The van der Waals surface area contributed by atoms with Crippen LogP contribution in [-0.2, 0) is 9.53 Å². The number of furan rings is 1. The summed E-state index contributed by atoms with van der Waals surface area (Å²) >= 11 is 0. The van der Waals surface area contributed by atoms with Gasteiger partial charge in [-0.3, -0.25) is 14.5 Å². The SMILES string of the molecule is CCN1C(=O)COc2cc(N3C[C@H](CNC(=O)c4ccco4)OC3=O)ccc21. The van der Waals surface area contributed by atoms with Crippen LogP contribution in [0.5, 0.6) is 5.75 Å². The molecule has 3 amide bonds. The molecular formula is C19H19N3O6. The summed E-state index contributed by atoms with van der Waals surface area (Å²) in [6.45, 7) is 2.85. The minimum atomic E-state index is -0.503. The first-order valence-electron chi connectivity index (χ1n) is 8.94. The molecular weight excluding hydrogens is 366 g/mol. The van der Waals surface area contributed by atoms with Gasteiger partial charge in [0.05, 0.1) is 30.7 Å². The van der Waals surface area contributed by atoms with Crippen molar-refractivity contribution in [3.8, 4) is 5.75 Å². The third-order valence-corrected chi connectivity index (χ3v) is 4.62. The second kappa shape index (κ2) is 7.26. The van der Waals surface area contributed by atoms with Crippen LogP contribution < -0.4 is 19.9 Å². The predicted octanol–water partition coefficient (Wildman–Crippen LogP) is 1.78. The number of hydrogen-bond acceptors (Lipinski definition) is 6. The van der Waals surface area contributed by atoms with E-state index in [1.165, 1.54) is 11.2 Å². The van der Waals surface area contributed by atoms with Gasteiger partial charge in [-0.15, -0.1) is 0 Å². The van der Waals surface area contributed by atoms with Crippen molar-refractivity contribution in [2.24, 2.45) is 0 Å². The Bertz CT molecular complexity index is 910. The van der Waals surface area contributed by atoms with Crippen molar-refractivity contribution < 1.29 is 28.3 Å². The molecule has 9 heteroatoms. The molecule has 9 nitrogen and oxygen atoms in total. The van der Waals surface area contributed by atoms with E-state index in [-0.39, 0.29) is 37.3 Å². The smallest absolute Gasteiger partial charge is 0.414 e. The van der Waals surface area contributed by atoms with E-state index in [0.29, 0.717) is 23.7 Å². The van der Waals surface area contributed by atoms with Crippen molar-refractivity contribution in [1.29, 1.82) is 0 Å². The summed E-state index contributed by atoms with van der Waals surface area (Å²) in [7, 11) is 0. The average molecular weight is 385 g/mol. The Labute approximate surface area is 160 Å². The molecule has 3 heterocycles. The van der Waals surface area contributed by atoms with Gasteiger partial charge in [-0.1, -0.05) is 0 Å². The largest absolute Gasteiger partial charge is 0.481 e. The zero-order chi connectivity index (χ0) is 19.7. The zero-order valence-corrected chi connectivity index (χ0v) is 15.2. The molecule has 0 bridgehead atoms. The van der Waals surface area contributed by atoms with Crippen molar-refractivity contribution in [2.75, 3.05) is 36.0 Å². The monoisotopic (exact) mass is 385 g/mol. The van der Waals surface area contributed by atoms with Crippen molar-refractivity contribution in [3.05, 3.63) is 42.4 Å². The first-order valence-corrected chi connectivity index (χ1v) is 8.94. The molecule has 0 spiro atoms. The summed E-state index contributed by atoms with van der Waals surface area (Å²) in [5.74, 6) is 0.270. The third kappa shape index (κ3) is 3.26. The molecule has 1 saturated heterocycles. The summed E-state index contributed by atoms with van der Waals surface area (Å²) in [6.07, 6.45) is 0.422. The Hall–Kier alpha value is -3.49. The topological polar surface area (TPSA) is 101 Å². The third-order valence-electron chi connectivity index (χ3n) is 4.62. The molecule has 0 saturated carbocycles. The molecule has 1 atom stereocenters. The van der Waals surface area contributed by atoms with Crippen LogP contribution in [0.25, 0.3) is 0 Å². The highest BCUT2D eigenvalue weighted by molar-refractivity contribution is 5.99. The zero-order valence-electron chi connectivity index (χ0n) is 15.2. The van der Waals surface area contributed by atoms with Crippen LogP contribution in [0, 0.1) is 0 Å². The number of likely N-dealkylation sites (N-methyl/N-ethyl adjacent to an activating group) is 1. The first kappa shape index (κ1) is 17.9. The minimum absolute atomic E-state index is 0.0316. The Morgan fingerprint density at radius 3 is 2.89 bits per heavy atom. The van der Waals surface area contributed by atoms with Gasteiger partial charge in [-0.05, 0) is 31.2 Å². The lowest BCUT2D eigenvalue weighted by Crippen LogP contribution is -2.38. The highest BCUT2D eigenvalue weighted by atomic mass is 16.6. The lowest BCUT2D eigenvalue weighted by Gasteiger charge is -2.29. The number of ether oxygens (including phenoxy) is 2. The van der Waals surface area contributed by atoms with Gasteiger partial charge in [0, 0.05) is 12.6 Å². The summed E-state index contributed by atoms with van der Waals surface area (Å²) in [5, 5.41) is 2.68. The number of hydrogen-bond donors (Lipinski definition) is 1. The fourth-order valence-electron chi connectivity index (χ4n) is 3.25. The summed E-state index contributed by atoms with van der Waals surface area (Å²) in [6, 6.07) is 8.39. The van der Waals surface area contributed by atoms with Gasteiger partial charge < -0.3 is 24.1 Å². The van der Waals surface area contributed by atoms with E-state index in [1.54, 1.807) is 35.2 Å². The molecule has 146 valence electrons. The summed E-state index contributed by atoms with van der Waals surface area (Å²) in [5.41, 5.74) is 1.28. The van der Waals surface area contributed by atoms with E-state index in [1.807, 2.05) is 6.92 Å². The number of carbonyl (C=O) groups is 3. The first-order chi connectivity index (χ1) is 13.6. The number of cyclic esters (lactones) is 1. The predicted molar refractivity (Wildman–Crippen MR) is 98.6 cm³/mol. The van der Waals surface area contributed by atoms with Crippen LogP contribution in [0.15, 0.2) is 41.0 Å². The van der Waals surface area contributed by atoms with Gasteiger partial charge in [-0.2, -0.15) is 0 Å². The number of benzene rings is 1. The number of amides is 3. The highest BCUT2D eigenvalue weighted by Gasteiger charge is 2.34. The maximum absolute atomic E-state index is 12.3. The van der Waals surface area contributed by atoms with E-state index in [9.17, 15) is 14.4 Å². The Morgan fingerprint density at radius 2 is 2.14 bits per heavy atom. The second-order valence-electron chi connectivity index (χ2n) is 6.38. The molecule has 28 heavy (non-hydrogen) atoms. The summed E-state index contributed by atoms with van der Waals surface area (Å²) in [4.78, 5) is 39.2. The molecule has 0 unspecified atom stereocenters. The highest BCUT2D eigenvalue weighted by Crippen LogP contribution is 2.36. The minimum Gasteiger partial charge on any atom is -0.481 e. The Morgan fingerprint density at radius 1 is 1.29 bits per heavy atom. The van der Waals surface area contributed by atoms with E-state index in [2.05, 4.69) is 5.32 Å². The molecule has 0 radical (unpaired) electrons. The normalized spacial score (nSPS) is 18.5. The van der Waals surface area contributed by atoms with E-state index in [4.69, 9.17) is 13.9 Å². The van der Waals surface area contributed by atoms with Gasteiger partial charge >= 0.3 is 6.09 Å². The van der Waals surface area contributed by atoms with E-state index in [0.717, 1.165) is 0 Å². The quantitative estimate of drug-likeness (QED) is 0.842. The van der Waals surface area contributed by atoms with Crippen molar-refractivity contribution >= 4 is 29.3 Å². The van der Waals surface area contributed by atoms with Gasteiger partial charge in [0.15, 0.2) is 12.4 Å².